The van der Waals surface area contributed by atoms with Crippen molar-refractivity contribution in [1.82, 2.24) is 14.7 Å². The van der Waals surface area contributed by atoms with Gasteiger partial charge in [-0.15, -0.1) is 5.10 Å². The summed E-state index contributed by atoms with van der Waals surface area (Å²) in [6.07, 6.45) is -3.22. The van der Waals surface area contributed by atoms with E-state index in [0.29, 0.717) is 17.8 Å². The van der Waals surface area contributed by atoms with E-state index >= 15 is 0 Å². The number of anilines is 1. The molecule has 2 aromatic carbocycles. The number of alkyl halides is 3. The molecule has 0 spiro atoms. The molecule has 4 rings (SSSR count). The van der Waals surface area contributed by atoms with Gasteiger partial charge < -0.3 is 20.0 Å². The van der Waals surface area contributed by atoms with E-state index in [1.54, 1.807) is 4.68 Å². The number of aromatic nitrogens is 2. The normalized spacial score (nSPS) is 14.7. The predicted molar refractivity (Wildman–Crippen MR) is 125 cm³/mol. The van der Waals surface area contributed by atoms with Crippen LogP contribution < -0.4 is 4.90 Å². The summed E-state index contributed by atoms with van der Waals surface area (Å²) in [5, 5.41) is 21.4. The van der Waals surface area contributed by atoms with Gasteiger partial charge in [0.25, 0.3) is 0 Å². The highest BCUT2D eigenvalue weighted by atomic mass is 19.4. The lowest BCUT2D eigenvalue weighted by molar-refractivity contribution is -0.137. The minimum Gasteiger partial charge on any atom is -0.478 e. The third-order valence-corrected chi connectivity index (χ3v) is 5.49. The molecule has 0 aliphatic carbocycles. The molecule has 1 aliphatic heterocycles. The fourth-order valence-corrected chi connectivity index (χ4v) is 3.69. The van der Waals surface area contributed by atoms with Crippen molar-refractivity contribution < 1.29 is 33.0 Å². The molecule has 2 heterocycles. The highest BCUT2D eigenvalue weighted by Gasteiger charge is 2.30. The van der Waals surface area contributed by atoms with Gasteiger partial charge >= 0.3 is 18.1 Å². The highest BCUT2D eigenvalue weighted by Crippen LogP contribution is 2.32. The van der Waals surface area contributed by atoms with Crippen LogP contribution in [0.1, 0.15) is 12.5 Å². The number of likely N-dealkylation sites (N-methyl/N-ethyl adjacent to an activating group) is 1. The zero-order chi connectivity index (χ0) is 25.6. The Labute approximate surface area is 199 Å². The SMILES string of the molecule is CCN1CCN(c2nn(-c3ccc(C(F)(F)F)cc3)c3ccccc23)CC1.O=C(O)C=CC(=O)O. The van der Waals surface area contributed by atoms with Gasteiger partial charge in [0.1, 0.15) is 0 Å². The lowest BCUT2D eigenvalue weighted by Crippen LogP contribution is -2.46. The van der Waals surface area contributed by atoms with Gasteiger partial charge in [0.05, 0.1) is 16.8 Å². The second-order valence-electron chi connectivity index (χ2n) is 7.73. The Morgan fingerprint density at radius 2 is 1.51 bits per heavy atom. The number of carboxylic acid groups (broad SMARTS) is 2. The molecule has 1 fully saturated rings. The summed E-state index contributed by atoms with van der Waals surface area (Å²) in [4.78, 5) is 23.8. The topological polar surface area (TPSA) is 98.9 Å². The van der Waals surface area contributed by atoms with Crippen LogP contribution in [0.15, 0.2) is 60.7 Å². The Hall–Kier alpha value is -3.86. The zero-order valence-electron chi connectivity index (χ0n) is 18.9. The van der Waals surface area contributed by atoms with Crippen molar-refractivity contribution in [3.8, 4) is 5.69 Å². The number of nitrogens with zero attached hydrogens (tertiary/aromatic N) is 4. The maximum atomic E-state index is 12.8. The Morgan fingerprint density at radius 3 is 2.03 bits per heavy atom. The van der Waals surface area contributed by atoms with E-state index in [2.05, 4.69) is 16.7 Å². The van der Waals surface area contributed by atoms with Crippen LogP contribution in [0.4, 0.5) is 19.0 Å². The summed E-state index contributed by atoms with van der Waals surface area (Å²) in [5.74, 6) is -1.62. The smallest absolute Gasteiger partial charge is 0.416 e. The molecule has 0 amide bonds. The van der Waals surface area contributed by atoms with Crippen LogP contribution in [0.3, 0.4) is 0 Å². The van der Waals surface area contributed by atoms with Crippen molar-refractivity contribution in [2.45, 2.75) is 13.1 Å². The van der Waals surface area contributed by atoms with Gasteiger partial charge in [0.2, 0.25) is 0 Å². The average molecular weight is 490 g/mol. The molecule has 1 aromatic heterocycles. The van der Waals surface area contributed by atoms with E-state index < -0.39 is 23.7 Å². The summed E-state index contributed by atoms with van der Waals surface area (Å²) in [6.45, 7) is 6.94. The molecule has 0 unspecified atom stereocenters. The number of hydrogen-bond acceptors (Lipinski definition) is 5. The number of benzene rings is 2. The number of carboxylic acids is 2. The molecule has 0 radical (unpaired) electrons. The number of hydrogen-bond donors (Lipinski definition) is 2. The van der Waals surface area contributed by atoms with E-state index in [9.17, 15) is 22.8 Å². The summed E-state index contributed by atoms with van der Waals surface area (Å²) in [6, 6.07) is 13.0. The molecular formula is C24H25F3N4O4. The van der Waals surface area contributed by atoms with Crippen LogP contribution in [-0.4, -0.2) is 69.6 Å². The van der Waals surface area contributed by atoms with E-state index in [-0.39, 0.29) is 0 Å². The van der Waals surface area contributed by atoms with Crippen LogP contribution >= 0.6 is 0 Å². The molecule has 186 valence electrons. The minimum atomic E-state index is -4.34. The van der Waals surface area contributed by atoms with Gasteiger partial charge in [-0.3, -0.25) is 0 Å². The zero-order valence-corrected chi connectivity index (χ0v) is 18.9. The average Bonchev–Trinajstić information content (AvgIpc) is 3.22. The molecular weight excluding hydrogens is 465 g/mol. The van der Waals surface area contributed by atoms with Gasteiger partial charge in [-0.25, -0.2) is 14.3 Å². The maximum absolute atomic E-state index is 12.8. The number of aliphatic carboxylic acids is 2. The highest BCUT2D eigenvalue weighted by molar-refractivity contribution is 5.92. The monoisotopic (exact) mass is 490 g/mol. The molecule has 35 heavy (non-hydrogen) atoms. The van der Waals surface area contributed by atoms with Crippen LogP contribution in [0.5, 0.6) is 0 Å². The fraction of sp³-hybridized carbons (Fsp3) is 0.292. The van der Waals surface area contributed by atoms with Crippen LogP contribution in [-0.2, 0) is 15.8 Å². The van der Waals surface area contributed by atoms with Crippen molar-refractivity contribution >= 4 is 28.7 Å². The first kappa shape index (κ1) is 25.8. The fourth-order valence-electron chi connectivity index (χ4n) is 3.69. The van der Waals surface area contributed by atoms with Crippen LogP contribution in [0.25, 0.3) is 16.6 Å². The number of rotatable bonds is 5. The van der Waals surface area contributed by atoms with E-state index in [4.69, 9.17) is 15.3 Å². The second-order valence-corrected chi connectivity index (χ2v) is 7.73. The summed E-state index contributed by atoms with van der Waals surface area (Å²) < 4.78 is 40.3. The summed E-state index contributed by atoms with van der Waals surface area (Å²) in [5.41, 5.74) is 0.862. The number of fused-ring (bicyclic) bond motifs is 1. The Balaban J connectivity index is 0.000000371. The lowest BCUT2D eigenvalue weighted by atomic mass is 10.2. The Kier molecular flexibility index (Phi) is 8.13. The number of halogens is 3. The van der Waals surface area contributed by atoms with E-state index in [0.717, 1.165) is 61.6 Å². The Morgan fingerprint density at radius 1 is 0.943 bits per heavy atom. The van der Waals surface area contributed by atoms with E-state index in [1.807, 2.05) is 24.3 Å². The number of para-hydroxylation sites is 1. The van der Waals surface area contributed by atoms with Crippen LogP contribution in [0.2, 0.25) is 0 Å². The van der Waals surface area contributed by atoms with Gasteiger partial charge in [-0.1, -0.05) is 19.1 Å². The number of carbonyl (C=O) groups is 2. The first-order chi connectivity index (χ1) is 16.6. The van der Waals surface area contributed by atoms with Gasteiger partial charge in [0, 0.05) is 43.7 Å². The number of piperazine rings is 1. The molecule has 8 nitrogen and oxygen atoms in total. The quantitative estimate of drug-likeness (QED) is 0.524. The van der Waals surface area contributed by atoms with E-state index in [1.165, 1.54) is 12.1 Å². The van der Waals surface area contributed by atoms with Crippen molar-refractivity contribution in [2.24, 2.45) is 0 Å². The third kappa shape index (κ3) is 6.60. The maximum Gasteiger partial charge on any atom is 0.416 e. The predicted octanol–water partition coefficient (Wildman–Crippen LogP) is 3.90. The van der Waals surface area contributed by atoms with Gasteiger partial charge in [-0.05, 0) is 42.9 Å². The molecule has 0 atom stereocenters. The van der Waals surface area contributed by atoms with Crippen LogP contribution in [0, 0.1) is 0 Å². The third-order valence-electron chi connectivity index (χ3n) is 5.49. The molecule has 11 heteroatoms. The minimum absolute atomic E-state index is 0.558. The first-order valence-electron chi connectivity index (χ1n) is 10.9. The van der Waals surface area contributed by atoms with Crippen molar-refractivity contribution in [3.05, 3.63) is 66.2 Å². The van der Waals surface area contributed by atoms with Gasteiger partial charge in [0.15, 0.2) is 5.82 Å². The molecule has 1 saturated heterocycles. The van der Waals surface area contributed by atoms with Crippen molar-refractivity contribution in [1.29, 1.82) is 0 Å². The van der Waals surface area contributed by atoms with Gasteiger partial charge in [-0.2, -0.15) is 13.2 Å². The molecule has 2 N–H and O–H groups in total. The first-order valence-corrected chi connectivity index (χ1v) is 10.9. The van der Waals surface area contributed by atoms with Crippen molar-refractivity contribution in [2.75, 3.05) is 37.6 Å². The standard InChI is InChI=1S/C20H21F3N4.C4H4O4/c1-2-25-11-13-26(14-12-25)19-17-5-3-4-6-18(17)27(24-19)16-9-7-15(8-10-16)20(21,22)23;5-3(6)1-2-4(7)8/h3-10H,2,11-14H2,1H3;1-2H,(H,5,6)(H,7,8). The molecule has 3 aromatic rings. The lowest BCUT2D eigenvalue weighted by Gasteiger charge is -2.34. The summed E-state index contributed by atoms with van der Waals surface area (Å²) in [7, 11) is 0. The Bertz CT molecular complexity index is 1180. The molecule has 1 aliphatic rings. The van der Waals surface area contributed by atoms with Crippen molar-refractivity contribution in [3.63, 3.8) is 0 Å². The molecule has 0 saturated carbocycles. The largest absolute Gasteiger partial charge is 0.478 e. The second kappa shape index (κ2) is 11.0. The summed E-state index contributed by atoms with van der Waals surface area (Å²) >= 11 is 0. The molecule has 0 bridgehead atoms.